The Kier molecular flexibility index (Phi) is 5.86. The maximum absolute atomic E-state index is 12.9. The molecule has 1 N–H and O–H groups in total. The van der Waals surface area contributed by atoms with Crippen LogP contribution in [0.25, 0.3) is 0 Å². The van der Waals surface area contributed by atoms with E-state index in [0.29, 0.717) is 6.54 Å². The number of morpholine rings is 1. The molecule has 2 amide bonds. The third-order valence-electron chi connectivity index (χ3n) is 4.64. The first-order valence-electron chi connectivity index (χ1n) is 9.14. The normalized spacial score (nSPS) is 20.0. The van der Waals surface area contributed by atoms with Crippen molar-refractivity contribution in [3.8, 4) is 0 Å². The zero-order chi connectivity index (χ0) is 19.4. The largest absolute Gasteiger partial charge is 0.356 e. The van der Waals surface area contributed by atoms with E-state index in [-0.39, 0.29) is 24.5 Å². The summed E-state index contributed by atoms with van der Waals surface area (Å²) in [5.74, 6) is -0.330. The molecule has 1 aliphatic rings. The molecule has 1 aromatic carbocycles. The zero-order valence-corrected chi connectivity index (χ0v) is 15.9. The van der Waals surface area contributed by atoms with Crippen LogP contribution in [-0.4, -0.2) is 40.5 Å². The second-order valence-corrected chi connectivity index (χ2v) is 7.01. The SMILES string of the molecule is Cc1cc(CNC(=O)[C@H]2OCC(=O)N(C(C)C)[C@@H]2c2ccccc2)ccn1. The molecule has 27 heavy (non-hydrogen) atoms. The van der Waals surface area contributed by atoms with Gasteiger partial charge in [-0.2, -0.15) is 0 Å². The minimum absolute atomic E-state index is 0.0373. The summed E-state index contributed by atoms with van der Waals surface area (Å²) in [6, 6.07) is 12.9. The van der Waals surface area contributed by atoms with Gasteiger partial charge in [-0.05, 0) is 44.0 Å². The standard InChI is InChI=1S/C21H25N3O3/c1-14(2)24-18(25)13-27-20(19(24)17-7-5-4-6-8-17)21(26)23-12-16-9-10-22-15(3)11-16/h4-11,14,19-20H,12-13H2,1-3H3,(H,23,26)/t19-,20+/m1/s1. The second-order valence-electron chi connectivity index (χ2n) is 7.01. The van der Waals surface area contributed by atoms with Gasteiger partial charge >= 0.3 is 0 Å². The zero-order valence-electron chi connectivity index (χ0n) is 15.9. The van der Waals surface area contributed by atoms with Crippen molar-refractivity contribution >= 4 is 11.8 Å². The molecular formula is C21H25N3O3. The molecule has 1 aromatic heterocycles. The van der Waals surface area contributed by atoms with E-state index in [1.807, 2.05) is 63.2 Å². The number of pyridine rings is 1. The molecule has 0 saturated carbocycles. The molecule has 6 nitrogen and oxygen atoms in total. The minimum Gasteiger partial charge on any atom is -0.356 e. The fraction of sp³-hybridized carbons (Fsp3) is 0.381. The molecule has 0 radical (unpaired) electrons. The van der Waals surface area contributed by atoms with Gasteiger partial charge in [0, 0.05) is 24.5 Å². The third kappa shape index (κ3) is 4.34. The van der Waals surface area contributed by atoms with E-state index in [2.05, 4.69) is 10.3 Å². The van der Waals surface area contributed by atoms with Gasteiger partial charge in [-0.1, -0.05) is 30.3 Å². The summed E-state index contributed by atoms with van der Waals surface area (Å²) in [6.45, 7) is 6.11. The number of hydrogen-bond donors (Lipinski definition) is 1. The highest BCUT2D eigenvalue weighted by molar-refractivity contribution is 5.86. The molecule has 142 valence electrons. The monoisotopic (exact) mass is 367 g/mol. The molecule has 0 bridgehead atoms. The predicted octanol–water partition coefficient (Wildman–Crippen LogP) is 2.38. The fourth-order valence-corrected chi connectivity index (χ4v) is 3.45. The van der Waals surface area contributed by atoms with E-state index in [4.69, 9.17) is 4.74 Å². The Morgan fingerprint density at radius 3 is 2.70 bits per heavy atom. The maximum Gasteiger partial charge on any atom is 0.251 e. The van der Waals surface area contributed by atoms with Crippen molar-refractivity contribution in [3.63, 3.8) is 0 Å². The Morgan fingerprint density at radius 2 is 2.04 bits per heavy atom. The van der Waals surface area contributed by atoms with Crippen LogP contribution in [0.5, 0.6) is 0 Å². The predicted molar refractivity (Wildman–Crippen MR) is 102 cm³/mol. The van der Waals surface area contributed by atoms with Crippen LogP contribution in [-0.2, 0) is 20.9 Å². The van der Waals surface area contributed by atoms with E-state index >= 15 is 0 Å². The number of rotatable bonds is 5. The topological polar surface area (TPSA) is 71.5 Å². The number of nitrogens with one attached hydrogen (secondary N) is 1. The summed E-state index contributed by atoms with van der Waals surface area (Å²) in [4.78, 5) is 31.3. The van der Waals surface area contributed by atoms with E-state index in [1.54, 1.807) is 11.1 Å². The van der Waals surface area contributed by atoms with E-state index in [9.17, 15) is 9.59 Å². The highest BCUT2D eigenvalue weighted by atomic mass is 16.5. The van der Waals surface area contributed by atoms with Crippen LogP contribution in [0.2, 0.25) is 0 Å². The van der Waals surface area contributed by atoms with Gasteiger partial charge in [0.05, 0.1) is 6.04 Å². The van der Waals surface area contributed by atoms with Crippen LogP contribution >= 0.6 is 0 Å². The fourth-order valence-electron chi connectivity index (χ4n) is 3.45. The number of nitrogens with zero attached hydrogens (tertiary/aromatic N) is 2. The average Bonchev–Trinajstić information content (AvgIpc) is 2.66. The number of carbonyl (C=O) groups excluding carboxylic acids is 2. The smallest absolute Gasteiger partial charge is 0.251 e. The highest BCUT2D eigenvalue weighted by Crippen LogP contribution is 2.32. The number of benzene rings is 1. The summed E-state index contributed by atoms with van der Waals surface area (Å²) < 4.78 is 5.70. The Morgan fingerprint density at radius 1 is 1.30 bits per heavy atom. The summed E-state index contributed by atoms with van der Waals surface area (Å²) in [5.41, 5.74) is 2.76. The Balaban J connectivity index is 1.82. The van der Waals surface area contributed by atoms with Crippen molar-refractivity contribution in [1.29, 1.82) is 0 Å². The van der Waals surface area contributed by atoms with Crippen molar-refractivity contribution < 1.29 is 14.3 Å². The Bertz CT molecular complexity index is 807. The van der Waals surface area contributed by atoms with E-state index in [1.165, 1.54) is 0 Å². The van der Waals surface area contributed by atoms with Crippen LogP contribution in [0, 0.1) is 6.92 Å². The molecule has 6 heteroatoms. The summed E-state index contributed by atoms with van der Waals surface area (Å²) in [6.07, 6.45) is 0.968. The lowest BCUT2D eigenvalue weighted by Gasteiger charge is -2.42. The van der Waals surface area contributed by atoms with E-state index in [0.717, 1.165) is 16.8 Å². The van der Waals surface area contributed by atoms with Gasteiger partial charge in [-0.15, -0.1) is 0 Å². The van der Waals surface area contributed by atoms with Crippen molar-refractivity contribution in [2.75, 3.05) is 6.61 Å². The first-order chi connectivity index (χ1) is 13.0. The third-order valence-corrected chi connectivity index (χ3v) is 4.64. The molecule has 0 aliphatic carbocycles. The van der Waals surface area contributed by atoms with Gasteiger partial charge in [0.1, 0.15) is 6.61 Å². The number of hydrogen-bond acceptors (Lipinski definition) is 4. The molecule has 2 aromatic rings. The molecule has 3 rings (SSSR count). The van der Waals surface area contributed by atoms with Gasteiger partial charge in [0.2, 0.25) is 5.91 Å². The molecule has 2 atom stereocenters. The maximum atomic E-state index is 12.9. The lowest BCUT2D eigenvalue weighted by Crippen LogP contribution is -2.56. The average molecular weight is 367 g/mol. The first kappa shape index (κ1) is 19.0. The van der Waals surface area contributed by atoms with Crippen LogP contribution in [0.1, 0.15) is 36.7 Å². The van der Waals surface area contributed by atoms with Crippen molar-refractivity contribution in [3.05, 3.63) is 65.5 Å². The minimum atomic E-state index is -0.754. The number of aryl methyl sites for hydroxylation is 1. The van der Waals surface area contributed by atoms with Gasteiger partial charge < -0.3 is 15.0 Å². The van der Waals surface area contributed by atoms with Gasteiger partial charge in [-0.25, -0.2) is 0 Å². The lowest BCUT2D eigenvalue weighted by atomic mass is 9.95. The van der Waals surface area contributed by atoms with Gasteiger partial charge in [0.25, 0.3) is 5.91 Å². The first-order valence-corrected chi connectivity index (χ1v) is 9.14. The highest BCUT2D eigenvalue weighted by Gasteiger charge is 2.42. The van der Waals surface area contributed by atoms with Gasteiger partial charge in [0.15, 0.2) is 6.10 Å². The molecule has 0 unspecified atom stereocenters. The summed E-state index contributed by atoms with van der Waals surface area (Å²) in [5, 5.41) is 2.94. The lowest BCUT2D eigenvalue weighted by molar-refractivity contribution is -0.167. The van der Waals surface area contributed by atoms with Crippen molar-refractivity contribution in [2.45, 2.75) is 45.5 Å². The van der Waals surface area contributed by atoms with E-state index < -0.39 is 12.1 Å². The van der Waals surface area contributed by atoms with Gasteiger partial charge in [-0.3, -0.25) is 14.6 Å². The quantitative estimate of drug-likeness (QED) is 0.881. The number of ether oxygens (including phenoxy) is 1. The van der Waals surface area contributed by atoms with Crippen molar-refractivity contribution in [1.82, 2.24) is 15.2 Å². The molecule has 1 saturated heterocycles. The molecular weight excluding hydrogens is 342 g/mol. The van der Waals surface area contributed by atoms with Crippen LogP contribution in [0.3, 0.4) is 0 Å². The Labute approximate surface area is 159 Å². The van der Waals surface area contributed by atoms with Crippen LogP contribution in [0.15, 0.2) is 48.7 Å². The molecule has 0 spiro atoms. The number of aromatic nitrogens is 1. The Hall–Kier alpha value is -2.73. The van der Waals surface area contributed by atoms with Crippen molar-refractivity contribution in [2.24, 2.45) is 0 Å². The number of carbonyl (C=O) groups is 2. The summed E-state index contributed by atoms with van der Waals surface area (Å²) >= 11 is 0. The van der Waals surface area contributed by atoms with Crippen LogP contribution in [0.4, 0.5) is 0 Å². The number of amides is 2. The van der Waals surface area contributed by atoms with Crippen LogP contribution < -0.4 is 5.32 Å². The second kappa shape index (κ2) is 8.31. The molecule has 1 aliphatic heterocycles. The summed E-state index contributed by atoms with van der Waals surface area (Å²) in [7, 11) is 0. The molecule has 2 heterocycles. The molecule has 1 fully saturated rings.